The summed E-state index contributed by atoms with van der Waals surface area (Å²) >= 11 is 0. The Morgan fingerprint density at radius 3 is 2.35 bits per heavy atom. The quantitative estimate of drug-likeness (QED) is 0.423. The molecule has 0 amide bonds. The molecule has 2 rings (SSSR count). The number of hydrogen-bond donors (Lipinski definition) is 1. The molecule has 23 heavy (non-hydrogen) atoms. The van der Waals surface area contributed by atoms with Crippen LogP contribution >= 0.6 is 24.0 Å². The van der Waals surface area contributed by atoms with Gasteiger partial charge in [-0.3, -0.25) is 0 Å². The van der Waals surface area contributed by atoms with Gasteiger partial charge in [-0.15, -0.1) is 24.0 Å². The molecule has 0 atom stereocenters. The monoisotopic (exact) mass is 431 g/mol. The molecule has 5 heteroatoms. The zero-order valence-electron chi connectivity index (χ0n) is 14.5. The van der Waals surface area contributed by atoms with E-state index in [2.05, 4.69) is 55.3 Å². The van der Waals surface area contributed by atoms with Crippen molar-refractivity contribution < 1.29 is 4.74 Å². The molecule has 4 nitrogen and oxygen atoms in total. The molecule has 1 heterocycles. The average molecular weight is 431 g/mol. The van der Waals surface area contributed by atoms with E-state index in [9.17, 15) is 0 Å². The van der Waals surface area contributed by atoms with Crippen LogP contribution in [0.5, 0.6) is 0 Å². The molecule has 130 valence electrons. The summed E-state index contributed by atoms with van der Waals surface area (Å²) in [7, 11) is 0. The largest absolute Gasteiger partial charge is 0.374 e. The van der Waals surface area contributed by atoms with Crippen molar-refractivity contribution in [3.05, 3.63) is 35.4 Å². The fraction of sp³-hybridized carbons (Fsp3) is 0.611. The predicted octanol–water partition coefficient (Wildman–Crippen LogP) is 3.79. The highest BCUT2D eigenvalue weighted by Crippen LogP contribution is 2.10. The van der Waals surface area contributed by atoms with Crippen LogP contribution in [0, 0.1) is 0 Å². The number of rotatable bonds is 6. The number of likely N-dealkylation sites (tertiary alicyclic amines) is 1. The molecule has 0 aliphatic carbocycles. The Hall–Kier alpha value is -0.820. The van der Waals surface area contributed by atoms with Gasteiger partial charge in [-0.05, 0) is 44.7 Å². The van der Waals surface area contributed by atoms with Crippen molar-refractivity contribution in [2.24, 2.45) is 4.99 Å². The van der Waals surface area contributed by atoms with Gasteiger partial charge >= 0.3 is 0 Å². The van der Waals surface area contributed by atoms with Gasteiger partial charge in [0, 0.05) is 19.6 Å². The first-order valence-corrected chi connectivity index (χ1v) is 8.41. The van der Waals surface area contributed by atoms with E-state index in [1.54, 1.807) is 0 Å². The van der Waals surface area contributed by atoms with Crippen LogP contribution < -0.4 is 5.32 Å². The molecule has 0 bridgehead atoms. The second-order valence-electron chi connectivity index (χ2n) is 6.04. The van der Waals surface area contributed by atoms with Gasteiger partial charge < -0.3 is 15.0 Å². The molecular weight excluding hydrogens is 401 g/mol. The lowest BCUT2D eigenvalue weighted by Crippen LogP contribution is -2.39. The van der Waals surface area contributed by atoms with Gasteiger partial charge in [0.1, 0.15) is 0 Å². The summed E-state index contributed by atoms with van der Waals surface area (Å²) < 4.78 is 5.62. The van der Waals surface area contributed by atoms with Gasteiger partial charge in [-0.2, -0.15) is 0 Å². The highest BCUT2D eigenvalue weighted by molar-refractivity contribution is 14.0. The third-order valence-electron chi connectivity index (χ3n) is 3.76. The highest BCUT2D eigenvalue weighted by Gasteiger charge is 2.15. The fourth-order valence-corrected chi connectivity index (χ4v) is 2.52. The second kappa shape index (κ2) is 10.9. The minimum Gasteiger partial charge on any atom is -0.374 e. The van der Waals surface area contributed by atoms with Crippen LogP contribution in [0.15, 0.2) is 29.3 Å². The maximum atomic E-state index is 5.62. The molecule has 0 saturated carbocycles. The molecule has 0 radical (unpaired) electrons. The molecule has 1 aliphatic heterocycles. The van der Waals surface area contributed by atoms with Crippen molar-refractivity contribution >= 4 is 29.9 Å². The van der Waals surface area contributed by atoms with Crippen LogP contribution in [0.2, 0.25) is 0 Å². The standard InChI is InChI=1S/C18H29N3O.HI/c1-4-19-18(21-11-5-6-12-21)20-13-16-7-9-17(10-8-16)14-22-15(2)3;/h7-10,15H,4-6,11-14H2,1-3H3,(H,19,20);1H. The van der Waals surface area contributed by atoms with Crippen LogP contribution in [0.1, 0.15) is 44.7 Å². The summed E-state index contributed by atoms with van der Waals surface area (Å²) in [6.45, 7) is 10.8. The van der Waals surface area contributed by atoms with Crippen LogP contribution in [-0.4, -0.2) is 36.6 Å². The number of hydrogen-bond acceptors (Lipinski definition) is 2. The minimum absolute atomic E-state index is 0. The molecule has 1 aromatic carbocycles. The van der Waals surface area contributed by atoms with E-state index in [0.717, 1.165) is 32.1 Å². The van der Waals surface area contributed by atoms with Gasteiger partial charge in [0.15, 0.2) is 5.96 Å². The lowest BCUT2D eigenvalue weighted by Gasteiger charge is -2.20. The van der Waals surface area contributed by atoms with Crippen LogP contribution in [0.3, 0.4) is 0 Å². The summed E-state index contributed by atoms with van der Waals surface area (Å²) in [6.07, 6.45) is 2.82. The van der Waals surface area contributed by atoms with E-state index in [4.69, 9.17) is 9.73 Å². The van der Waals surface area contributed by atoms with Crippen molar-refractivity contribution in [1.82, 2.24) is 10.2 Å². The Balaban J connectivity index is 0.00000264. The number of aliphatic imine (C=N–C) groups is 1. The maximum absolute atomic E-state index is 5.62. The van der Waals surface area contributed by atoms with Crippen LogP contribution in [0.25, 0.3) is 0 Å². The summed E-state index contributed by atoms with van der Waals surface area (Å²) in [5.41, 5.74) is 2.45. The lowest BCUT2D eigenvalue weighted by molar-refractivity contribution is 0.0657. The number of halogens is 1. The highest BCUT2D eigenvalue weighted by atomic mass is 127. The van der Waals surface area contributed by atoms with E-state index in [1.165, 1.54) is 24.0 Å². The van der Waals surface area contributed by atoms with E-state index in [0.29, 0.717) is 6.61 Å². The van der Waals surface area contributed by atoms with Gasteiger partial charge in [0.2, 0.25) is 0 Å². The lowest BCUT2D eigenvalue weighted by atomic mass is 10.1. The first-order chi connectivity index (χ1) is 10.7. The molecule has 1 N–H and O–H groups in total. The first-order valence-electron chi connectivity index (χ1n) is 8.41. The summed E-state index contributed by atoms with van der Waals surface area (Å²) in [5.74, 6) is 1.05. The Labute approximate surface area is 157 Å². The topological polar surface area (TPSA) is 36.9 Å². The normalized spacial score (nSPS) is 15.0. The molecule has 1 aliphatic rings. The van der Waals surface area contributed by atoms with Crippen molar-refractivity contribution in [1.29, 1.82) is 0 Å². The van der Waals surface area contributed by atoms with E-state index >= 15 is 0 Å². The van der Waals surface area contributed by atoms with Gasteiger partial charge in [-0.1, -0.05) is 24.3 Å². The summed E-state index contributed by atoms with van der Waals surface area (Å²) in [6, 6.07) is 8.57. The van der Waals surface area contributed by atoms with Crippen LogP contribution in [-0.2, 0) is 17.9 Å². The zero-order chi connectivity index (χ0) is 15.8. The number of nitrogens with zero attached hydrogens (tertiary/aromatic N) is 2. The van der Waals surface area contributed by atoms with E-state index in [1.807, 2.05) is 0 Å². The molecule has 0 aromatic heterocycles. The van der Waals surface area contributed by atoms with E-state index in [-0.39, 0.29) is 30.1 Å². The number of benzene rings is 1. The van der Waals surface area contributed by atoms with Gasteiger partial charge in [0.05, 0.1) is 19.3 Å². The van der Waals surface area contributed by atoms with Crippen molar-refractivity contribution in [3.8, 4) is 0 Å². The molecule has 1 fully saturated rings. The Morgan fingerprint density at radius 2 is 1.78 bits per heavy atom. The third kappa shape index (κ3) is 7.08. The number of guanidine groups is 1. The summed E-state index contributed by atoms with van der Waals surface area (Å²) in [4.78, 5) is 7.13. The molecule has 0 spiro atoms. The SMILES string of the molecule is CCNC(=NCc1ccc(COC(C)C)cc1)N1CCCC1.I. The predicted molar refractivity (Wildman–Crippen MR) is 107 cm³/mol. The molecule has 1 aromatic rings. The second-order valence-corrected chi connectivity index (χ2v) is 6.04. The van der Waals surface area contributed by atoms with Crippen molar-refractivity contribution in [2.75, 3.05) is 19.6 Å². The number of ether oxygens (including phenoxy) is 1. The summed E-state index contributed by atoms with van der Waals surface area (Å²) in [5, 5.41) is 3.39. The first kappa shape index (κ1) is 20.2. The van der Waals surface area contributed by atoms with Crippen molar-refractivity contribution in [3.63, 3.8) is 0 Å². The van der Waals surface area contributed by atoms with Gasteiger partial charge in [0.25, 0.3) is 0 Å². The zero-order valence-corrected chi connectivity index (χ0v) is 16.9. The Morgan fingerprint density at radius 1 is 1.17 bits per heavy atom. The molecular formula is C18H30IN3O. The minimum atomic E-state index is 0. The van der Waals surface area contributed by atoms with Gasteiger partial charge in [-0.25, -0.2) is 4.99 Å². The Kier molecular flexibility index (Phi) is 9.55. The Bertz CT molecular complexity index is 468. The smallest absolute Gasteiger partial charge is 0.194 e. The molecule has 0 unspecified atom stereocenters. The fourth-order valence-electron chi connectivity index (χ4n) is 2.52. The van der Waals surface area contributed by atoms with E-state index < -0.39 is 0 Å². The molecule has 1 saturated heterocycles. The third-order valence-corrected chi connectivity index (χ3v) is 3.76. The number of nitrogens with one attached hydrogen (secondary N) is 1. The van der Waals surface area contributed by atoms with Crippen molar-refractivity contribution in [2.45, 2.75) is 52.9 Å². The average Bonchev–Trinajstić information content (AvgIpc) is 3.04. The maximum Gasteiger partial charge on any atom is 0.194 e. The van der Waals surface area contributed by atoms with Crippen LogP contribution in [0.4, 0.5) is 0 Å².